The average molecular weight is 640 g/mol. The summed E-state index contributed by atoms with van der Waals surface area (Å²) >= 11 is 0. The van der Waals surface area contributed by atoms with E-state index < -0.39 is 21.5 Å². The first-order valence-corrected chi connectivity index (χ1v) is 16.9. The van der Waals surface area contributed by atoms with Gasteiger partial charge in [0.15, 0.2) is 0 Å². The largest absolute Gasteiger partial charge is 0.400 e. The molecule has 4 aromatic rings. The number of morpholine rings is 1. The van der Waals surface area contributed by atoms with Crippen LogP contribution in [0.25, 0.3) is 22.2 Å². The van der Waals surface area contributed by atoms with E-state index in [0.29, 0.717) is 40.3 Å². The molecule has 45 heavy (non-hydrogen) atoms. The van der Waals surface area contributed by atoms with Crippen molar-refractivity contribution in [3.63, 3.8) is 0 Å². The van der Waals surface area contributed by atoms with Gasteiger partial charge in [-0.15, -0.1) is 0 Å². The summed E-state index contributed by atoms with van der Waals surface area (Å²) in [5.74, 6) is 2.23. The van der Waals surface area contributed by atoms with E-state index in [4.69, 9.17) is 9.72 Å². The Bertz CT molecular complexity index is 1890. The second kappa shape index (κ2) is 12.2. The number of nitrogens with one attached hydrogen (secondary N) is 1. The van der Waals surface area contributed by atoms with E-state index in [2.05, 4.69) is 28.1 Å². The molecule has 2 aliphatic rings. The van der Waals surface area contributed by atoms with Crippen molar-refractivity contribution >= 4 is 38.1 Å². The number of fused-ring (bicyclic) bond motifs is 1. The Hall–Kier alpha value is -3.74. The molecule has 6 rings (SSSR count). The SMILES string of the molecule is C=S(=O)(CC(F)(F)F)c1ccc(-c2cc3cnc(Nc4ccc(C5CN(C)CCO5)cc4)nc3n(C3CCCC3)c2=O)c(C)c1. The molecular weight excluding hydrogens is 603 g/mol. The third-order valence-corrected chi connectivity index (χ3v) is 10.5. The lowest BCUT2D eigenvalue weighted by Crippen LogP contribution is -2.35. The zero-order valence-corrected chi connectivity index (χ0v) is 26.1. The molecule has 0 radical (unpaired) electrons. The van der Waals surface area contributed by atoms with Gasteiger partial charge in [0.1, 0.15) is 11.4 Å². The summed E-state index contributed by atoms with van der Waals surface area (Å²) in [5.41, 5.74) is 3.65. The number of likely N-dealkylation sites (N-methyl/N-ethyl adjacent to an activating group) is 1. The van der Waals surface area contributed by atoms with E-state index in [1.165, 1.54) is 12.1 Å². The normalized spacial score (nSPS) is 19.5. The Morgan fingerprint density at radius 3 is 2.49 bits per heavy atom. The van der Waals surface area contributed by atoms with Crippen molar-refractivity contribution in [1.82, 2.24) is 19.4 Å². The number of alkyl halides is 3. The van der Waals surface area contributed by atoms with Gasteiger partial charge in [0.25, 0.3) is 5.56 Å². The van der Waals surface area contributed by atoms with Crippen LogP contribution in [0.1, 0.15) is 49.0 Å². The molecular formula is C33H36F3N5O3S. The summed E-state index contributed by atoms with van der Waals surface area (Å²) in [6.45, 7) is 4.14. The summed E-state index contributed by atoms with van der Waals surface area (Å²) in [5, 5.41) is 3.93. The van der Waals surface area contributed by atoms with Crippen molar-refractivity contribution < 1.29 is 22.1 Å². The third-order valence-electron chi connectivity index (χ3n) is 8.59. The van der Waals surface area contributed by atoms with E-state index in [1.54, 1.807) is 29.8 Å². The maximum absolute atomic E-state index is 14.1. The van der Waals surface area contributed by atoms with E-state index in [1.807, 2.05) is 24.3 Å². The van der Waals surface area contributed by atoms with Gasteiger partial charge in [0.2, 0.25) is 5.95 Å². The fourth-order valence-electron chi connectivity index (χ4n) is 6.28. The minimum atomic E-state index is -4.61. The molecule has 2 aromatic heterocycles. The predicted molar refractivity (Wildman–Crippen MR) is 172 cm³/mol. The van der Waals surface area contributed by atoms with Crippen LogP contribution in [0.5, 0.6) is 0 Å². The van der Waals surface area contributed by atoms with Gasteiger partial charge in [0.05, 0.1) is 12.7 Å². The van der Waals surface area contributed by atoms with Gasteiger partial charge in [0, 0.05) is 56.4 Å². The molecule has 12 heteroatoms. The Morgan fingerprint density at radius 2 is 1.82 bits per heavy atom. The molecule has 238 valence electrons. The minimum absolute atomic E-state index is 0.00340. The van der Waals surface area contributed by atoms with Crippen LogP contribution in [0, 0.1) is 6.92 Å². The molecule has 1 aliphatic heterocycles. The summed E-state index contributed by atoms with van der Waals surface area (Å²) in [7, 11) is -1.51. The standard InChI is InChI=1S/C33H36F3N5O3S/c1-21-16-26(45(3,43)20-33(34,35)36)12-13-27(21)28-17-23-18-37-32(39-30(23)41(31(28)42)25-6-4-5-7-25)38-24-10-8-22(9-11-24)29-19-40(2)14-15-44-29/h8-13,16-18,25,29H,3-7,14-15,19-20H2,1-2H3,(H,37,38,39). The molecule has 3 heterocycles. The number of aryl methyl sites for hydroxylation is 1. The topological polar surface area (TPSA) is 89.3 Å². The average Bonchev–Trinajstić information content (AvgIpc) is 3.51. The Labute approximate surface area is 260 Å². The molecule has 1 aliphatic carbocycles. The first-order chi connectivity index (χ1) is 21.4. The van der Waals surface area contributed by atoms with Gasteiger partial charge < -0.3 is 15.0 Å². The molecule has 1 N–H and O–H groups in total. The van der Waals surface area contributed by atoms with Crippen molar-refractivity contribution in [2.75, 3.05) is 37.8 Å². The number of nitrogens with zero attached hydrogens (tertiary/aromatic N) is 4. The molecule has 1 saturated carbocycles. The predicted octanol–water partition coefficient (Wildman–Crippen LogP) is 6.27. The number of hydrogen-bond donors (Lipinski definition) is 1. The Morgan fingerprint density at radius 1 is 1.09 bits per heavy atom. The van der Waals surface area contributed by atoms with Gasteiger partial charge in [-0.25, -0.2) is 4.98 Å². The zero-order chi connectivity index (χ0) is 31.9. The maximum Gasteiger partial charge on any atom is 0.400 e. The molecule has 2 aromatic carbocycles. The van der Waals surface area contributed by atoms with Crippen LogP contribution in [0.2, 0.25) is 0 Å². The monoisotopic (exact) mass is 639 g/mol. The molecule has 0 spiro atoms. The second-order valence-electron chi connectivity index (χ2n) is 12.1. The lowest BCUT2D eigenvalue weighted by atomic mass is 10.0. The number of pyridine rings is 1. The molecule has 2 unspecified atom stereocenters. The highest BCUT2D eigenvalue weighted by atomic mass is 32.2. The van der Waals surface area contributed by atoms with Crippen molar-refractivity contribution in [2.45, 2.75) is 55.8 Å². The molecule has 0 bridgehead atoms. The Kier molecular flexibility index (Phi) is 8.49. The fourth-order valence-corrected chi connectivity index (χ4v) is 7.68. The lowest BCUT2D eigenvalue weighted by Gasteiger charge is -2.30. The molecule has 8 nitrogen and oxygen atoms in total. The summed E-state index contributed by atoms with van der Waals surface area (Å²) in [4.78, 5) is 25.7. The van der Waals surface area contributed by atoms with E-state index in [9.17, 15) is 22.2 Å². The lowest BCUT2D eigenvalue weighted by molar-refractivity contribution is -0.105. The Balaban J connectivity index is 1.34. The minimum Gasteiger partial charge on any atom is -0.371 e. The second-order valence-corrected chi connectivity index (χ2v) is 14.4. The highest BCUT2D eigenvalue weighted by Gasteiger charge is 2.33. The number of hydrogen-bond acceptors (Lipinski definition) is 7. The first kappa shape index (κ1) is 31.3. The van der Waals surface area contributed by atoms with Crippen molar-refractivity contribution in [3.05, 3.63) is 76.2 Å². The van der Waals surface area contributed by atoms with Gasteiger partial charge in [-0.3, -0.25) is 13.6 Å². The van der Waals surface area contributed by atoms with Crippen LogP contribution in [0.15, 0.2) is 64.4 Å². The fraction of sp³-hybridized carbons (Fsp3) is 0.394. The smallest absolute Gasteiger partial charge is 0.371 e. The molecule has 2 atom stereocenters. The first-order valence-electron chi connectivity index (χ1n) is 15.0. The number of anilines is 2. The number of benzene rings is 2. The van der Waals surface area contributed by atoms with Crippen LogP contribution in [0.3, 0.4) is 0 Å². The van der Waals surface area contributed by atoms with Crippen LogP contribution in [0.4, 0.5) is 24.8 Å². The maximum atomic E-state index is 14.1. The van der Waals surface area contributed by atoms with Crippen LogP contribution in [-0.4, -0.2) is 68.2 Å². The summed E-state index contributed by atoms with van der Waals surface area (Å²) < 4.78 is 59.6. The molecule has 1 saturated heterocycles. The molecule has 0 amide bonds. The van der Waals surface area contributed by atoms with Crippen LogP contribution < -0.4 is 10.9 Å². The van der Waals surface area contributed by atoms with E-state index in [0.717, 1.165) is 50.0 Å². The van der Waals surface area contributed by atoms with Gasteiger partial charge in [-0.2, -0.15) is 18.2 Å². The number of aromatic nitrogens is 3. The number of rotatable bonds is 7. The number of ether oxygens (including phenoxy) is 1. The van der Waals surface area contributed by atoms with E-state index >= 15 is 0 Å². The quantitative estimate of drug-likeness (QED) is 0.239. The number of halogens is 3. The van der Waals surface area contributed by atoms with E-state index in [-0.39, 0.29) is 22.6 Å². The third kappa shape index (κ3) is 6.78. The van der Waals surface area contributed by atoms with Gasteiger partial charge >= 0.3 is 6.18 Å². The molecule has 2 fully saturated rings. The van der Waals surface area contributed by atoms with Gasteiger partial charge in [-0.05, 0) is 79.7 Å². The summed E-state index contributed by atoms with van der Waals surface area (Å²) in [6.07, 6.45) is 0.750. The summed E-state index contributed by atoms with van der Waals surface area (Å²) in [6, 6.07) is 14.0. The highest BCUT2D eigenvalue weighted by molar-refractivity contribution is 8.00. The van der Waals surface area contributed by atoms with Crippen LogP contribution in [-0.2, 0) is 14.3 Å². The highest BCUT2D eigenvalue weighted by Crippen LogP contribution is 2.34. The van der Waals surface area contributed by atoms with Crippen LogP contribution >= 0.6 is 0 Å². The van der Waals surface area contributed by atoms with Gasteiger partial charge in [-0.1, -0.05) is 31.0 Å². The van der Waals surface area contributed by atoms with Crippen molar-refractivity contribution in [3.8, 4) is 11.1 Å². The van der Waals surface area contributed by atoms with Crippen molar-refractivity contribution in [2.24, 2.45) is 0 Å². The zero-order valence-electron chi connectivity index (χ0n) is 25.3. The van der Waals surface area contributed by atoms with Crippen molar-refractivity contribution in [1.29, 1.82) is 0 Å².